The first kappa shape index (κ1) is 14.7. The molecule has 0 saturated heterocycles. The fourth-order valence-electron chi connectivity index (χ4n) is 1.68. The minimum absolute atomic E-state index is 0.0338. The summed E-state index contributed by atoms with van der Waals surface area (Å²) in [6, 6.07) is 1.96. The number of aromatic nitrogens is 2. The van der Waals surface area contributed by atoms with Gasteiger partial charge < -0.3 is 10.6 Å². The molecule has 0 spiro atoms. The molecule has 0 aliphatic carbocycles. The Kier molecular flexibility index (Phi) is 5.85. The number of nitrogens with zero attached hydrogens (tertiary/aromatic N) is 2. The fraction of sp³-hybridized carbons (Fsp3) is 0.692. The molecule has 1 heterocycles. The molecule has 1 unspecified atom stereocenters. The quantitative estimate of drug-likeness (QED) is 0.769. The molecular weight excluding hydrogens is 228 g/mol. The van der Waals surface area contributed by atoms with Crippen molar-refractivity contribution in [1.82, 2.24) is 20.4 Å². The van der Waals surface area contributed by atoms with Crippen LogP contribution >= 0.6 is 0 Å². The number of amides is 1. The van der Waals surface area contributed by atoms with Crippen LogP contribution < -0.4 is 10.6 Å². The number of hydrogen-bond donors (Lipinski definition) is 2. The number of carbonyl (C=O) groups is 1. The molecule has 0 radical (unpaired) electrons. The highest BCUT2D eigenvalue weighted by Crippen LogP contribution is 2.00. The Bertz CT molecular complexity index is 373. The molecule has 0 fully saturated rings. The molecule has 102 valence electrons. The summed E-state index contributed by atoms with van der Waals surface area (Å²) in [6.45, 7) is 9.49. The minimum Gasteiger partial charge on any atom is -0.353 e. The Balaban J connectivity index is 2.44. The number of rotatable bonds is 7. The van der Waals surface area contributed by atoms with Gasteiger partial charge >= 0.3 is 0 Å². The molecule has 1 aromatic heterocycles. The second-order valence-corrected chi connectivity index (χ2v) is 4.81. The highest BCUT2D eigenvalue weighted by molar-refractivity contribution is 5.81. The molecule has 1 rings (SSSR count). The van der Waals surface area contributed by atoms with E-state index in [1.54, 1.807) is 6.20 Å². The highest BCUT2D eigenvalue weighted by Gasteiger charge is 2.13. The zero-order chi connectivity index (χ0) is 13.5. The SMILES string of the molecule is CCCn1nccc1CNC(C)C(=O)NC(C)C. The fourth-order valence-corrected chi connectivity index (χ4v) is 1.68. The van der Waals surface area contributed by atoms with Gasteiger partial charge in [0.2, 0.25) is 5.91 Å². The average molecular weight is 252 g/mol. The monoisotopic (exact) mass is 252 g/mol. The van der Waals surface area contributed by atoms with E-state index in [0.29, 0.717) is 6.54 Å². The molecule has 0 aromatic carbocycles. The van der Waals surface area contributed by atoms with Crippen molar-refractivity contribution in [3.8, 4) is 0 Å². The van der Waals surface area contributed by atoms with Gasteiger partial charge in [-0.15, -0.1) is 0 Å². The van der Waals surface area contributed by atoms with E-state index in [0.717, 1.165) is 18.7 Å². The van der Waals surface area contributed by atoms with Crippen molar-refractivity contribution in [2.45, 2.75) is 59.3 Å². The smallest absolute Gasteiger partial charge is 0.237 e. The molecule has 1 amide bonds. The minimum atomic E-state index is -0.197. The van der Waals surface area contributed by atoms with Gasteiger partial charge in [-0.2, -0.15) is 5.10 Å². The average Bonchev–Trinajstić information content (AvgIpc) is 2.73. The third kappa shape index (κ3) is 4.49. The van der Waals surface area contributed by atoms with E-state index in [1.165, 1.54) is 0 Å². The van der Waals surface area contributed by atoms with E-state index in [4.69, 9.17) is 0 Å². The first-order chi connectivity index (χ1) is 8.54. The van der Waals surface area contributed by atoms with Gasteiger partial charge in [-0.05, 0) is 33.3 Å². The molecule has 1 atom stereocenters. The van der Waals surface area contributed by atoms with E-state index in [-0.39, 0.29) is 18.0 Å². The Morgan fingerprint density at radius 2 is 2.17 bits per heavy atom. The molecule has 0 saturated carbocycles. The van der Waals surface area contributed by atoms with Crippen LogP contribution in [0.15, 0.2) is 12.3 Å². The normalized spacial score (nSPS) is 12.7. The molecule has 2 N–H and O–H groups in total. The molecule has 5 nitrogen and oxygen atoms in total. The standard InChI is InChI=1S/C13H24N4O/c1-5-8-17-12(6-7-15-17)9-14-11(4)13(18)16-10(2)3/h6-7,10-11,14H,5,8-9H2,1-4H3,(H,16,18). The van der Waals surface area contributed by atoms with Gasteiger partial charge in [-0.1, -0.05) is 6.92 Å². The molecule has 0 aliphatic rings. The second-order valence-electron chi connectivity index (χ2n) is 4.81. The number of aryl methyl sites for hydroxylation is 1. The lowest BCUT2D eigenvalue weighted by atomic mass is 10.2. The summed E-state index contributed by atoms with van der Waals surface area (Å²) < 4.78 is 1.97. The zero-order valence-corrected chi connectivity index (χ0v) is 11.7. The van der Waals surface area contributed by atoms with Crippen LogP contribution in [-0.4, -0.2) is 27.8 Å². The maximum atomic E-state index is 11.7. The number of hydrogen-bond acceptors (Lipinski definition) is 3. The summed E-state index contributed by atoms with van der Waals surface area (Å²) in [5, 5.41) is 10.4. The van der Waals surface area contributed by atoms with Gasteiger partial charge in [0.15, 0.2) is 0 Å². The number of nitrogens with one attached hydrogen (secondary N) is 2. The van der Waals surface area contributed by atoms with Crippen molar-refractivity contribution >= 4 is 5.91 Å². The van der Waals surface area contributed by atoms with Crippen LogP contribution in [0.2, 0.25) is 0 Å². The Morgan fingerprint density at radius 1 is 1.44 bits per heavy atom. The summed E-state index contributed by atoms with van der Waals surface area (Å²) in [4.78, 5) is 11.7. The van der Waals surface area contributed by atoms with Crippen LogP contribution in [0.4, 0.5) is 0 Å². The number of carbonyl (C=O) groups excluding carboxylic acids is 1. The van der Waals surface area contributed by atoms with Crippen LogP contribution in [0.1, 0.15) is 39.8 Å². The van der Waals surface area contributed by atoms with Crippen molar-refractivity contribution in [2.24, 2.45) is 0 Å². The van der Waals surface area contributed by atoms with Gasteiger partial charge in [0.1, 0.15) is 0 Å². The maximum absolute atomic E-state index is 11.7. The predicted molar refractivity (Wildman–Crippen MR) is 72.1 cm³/mol. The van der Waals surface area contributed by atoms with Crippen molar-refractivity contribution in [2.75, 3.05) is 0 Å². The van der Waals surface area contributed by atoms with E-state index in [2.05, 4.69) is 22.7 Å². The Labute approximate surface area is 109 Å². The predicted octanol–water partition coefficient (Wildman–Crippen LogP) is 1.30. The Hall–Kier alpha value is -1.36. The zero-order valence-electron chi connectivity index (χ0n) is 11.7. The van der Waals surface area contributed by atoms with Gasteiger partial charge in [0.05, 0.1) is 11.7 Å². The van der Waals surface area contributed by atoms with Crippen LogP contribution in [-0.2, 0) is 17.9 Å². The highest BCUT2D eigenvalue weighted by atomic mass is 16.2. The Morgan fingerprint density at radius 3 is 2.78 bits per heavy atom. The lowest BCUT2D eigenvalue weighted by Crippen LogP contribution is -2.44. The molecule has 1 aromatic rings. The van der Waals surface area contributed by atoms with Crippen molar-refractivity contribution < 1.29 is 4.79 Å². The van der Waals surface area contributed by atoms with Crippen LogP contribution in [0.5, 0.6) is 0 Å². The summed E-state index contributed by atoms with van der Waals surface area (Å²) in [6.07, 6.45) is 2.85. The third-order valence-electron chi connectivity index (χ3n) is 2.65. The first-order valence-electron chi connectivity index (χ1n) is 6.59. The van der Waals surface area contributed by atoms with Gasteiger partial charge in [0, 0.05) is 25.3 Å². The summed E-state index contributed by atoms with van der Waals surface area (Å²) >= 11 is 0. The summed E-state index contributed by atoms with van der Waals surface area (Å²) in [5.41, 5.74) is 1.11. The maximum Gasteiger partial charge on any atom is 0.237 e. The summed E-state index contributed by atoms with van der Waals surface area (Å²) in [5.74, 6) is 0.0338. The van der Waals surface area contributed by atoms with Crippen LogP contribution in [0.25, 0.3) is 0 Å². The molecule has 5 heteroatoms. The molecule has 0 bridgehead atoms. The van der Waals surface area contributed by atoms with E-state index in [1.807, 2.05) is 31.5 Å². The first-order valence-corrected chi connectivity index (χ1v) is 6.59. The summed E-state index contributed by atoms with van der Waals surface area (Å²) in [7, 11) is 0. The second kappa shape index (κ2) is 7.16. The van der Waals surface area contributed by atoms with Crippen molar-refractivity contribution in [3.05, 3.63) is 18.0 Å². The van der Waals surface area contributed by atoms with E-state index in [9.17, 15) is 4.79 Å². The van der Waals surface area contributed by atoms with Gasteiger partial charge in [-0.3, -0.25) is 9.48 Å². The van der Waals surface area contributed by atoms with Crippen molar-refractivity contribution in [3.63, 3.8) is 0 Å². The largest absolute Gasteiger partial charge is 0.353 e. The van der Waals surface area contributed by atoms with Crippen molar-refractivity contribution in [1.29, 1.82) is 0 Å². The lowest BCUT2D eigenvalue weighted by Gasteiger charge is -2.16. The van der Waals surface area contributed by atoms with E-state index < -0.39 is 0 Å². The van der Waals surface area contributed by atoms with Gasteiger partial charge in [0.25, 0.3) is 0 Å². The molecule has 18 heavy (non-hydrogen) atoms. The topological polar surface area (TPSA) is 59.0 Å². The van der Waals surface area contributed by atoms with Crippen LogP contribution in [0, 0.1) is 0 Å². The molecule has 0 aliphatic heterocycles. The molecular formula is C13H24N4O. The van der Waals surface area contributed by atoms with Crippen LogP contribution in [0.3, 0.4) is 0 Å². The lowest BCUT2D eigenvalue weighted by molar-refractivity contribution is -0.123. The van der Waals surface area contributed by atoms with Gasteiger partial charge in [-0.25, -0.2) is 0 Å². The van der Waals surface area contributed by atoms with E-state index >= 15 is 0 Å². The third-order valence-corrected chi connectivity index (χ3v) is 2.65.